The van der Waals surface area contributed by atoms with Crippen molar-refractivity contribution in [1.82, 2.24) is 0 Å². The number of fused-ring (bicyclic) bond motifs is 5. The summed E-state index contributed by atoms with van der Waals surface area (Å²) in [5.41, 5.74) is 2.34. The molecule has 0 bridgehead atoms. The van der Waals surface area contributed by atoms with E-state index in [1.54, 1.807) is 6.08 Å². The minimum absolute atomic E-state index is 0.0211. The van der Waals surface area contributed by atoms with Crippen LogP contribution in [-0.2, 0) is 9.59 Å². The Morgan fingerprint density at radius 1 is 1.18 bits per heavy atom. The lowest BCUT2D eigenvalue weighted by molar-refractivity contribution is -0.130. The van der Waals surface area contributed by atoms with Crippen molar-refractivity contribution in [3.05, 3.63) is 36.0 Å². The maximum Gasteiger partial charge on any atom is 0.178 e. The van der Waals surface area contributed by atoms with Crippen molar-refractivity contribution in [3.63, 3.8) is 0 Å². The number of Topliss-reactive ketones (excluding diaryl/α,β-unsaturated/α-hetero) is 1. The Hall–Kier alpha value is -1.44. The van der Waals surface area contributed by atoms with Gasteiger partial charge in [-0.25, -0.2) is 0 Å². The number of ketones is 2. The highest BCUT2D eigenvalue weighted by molar-refractivity contribution is 6.01. The summed E-state index contributed by atoms with van der Waals surface area (Å²) in [5, 5.41) is 0. The molecule has 4 rings (SSSR count). The van der Waals surface area contributed by atoms with Gasteiger partial charge in [-0.05, 0) is 55.6 Å². The van der Waals surface area contributed by atoms with Gasteiger partial charge in [-0.2, -0.15) is 0 Å². The highest BCUT2D eigenvalue weighted by Gasteiger charge is 2.59. The number of hydrogen-bond acceptors (Lipinski definition) is 2. The van der Waals surface area contributed by atoms with Crippen LogP contribution in [0.3, 0.4) is 0 Å². The Labute approximate surface area is 132 Å². The molecule has 0 heterocycles. The summed E-state index contributed by atoms with van der Waals surface area (Å²) in [6, 6.07) is 0. The van der Waals surface area contributed by atoms with Crippen molar-refractivity contribution in [2.75, 3.05) is 0 Å². The summed E-state index contributed by atoms with van der Waals surface area (Å²) in [5.74, 6) is 1.95. The van der Waals surface area contributed by atoms with Crippen molar-refractivity contribution in [1.29, 1.82) is 0 Å². The summed E-state index contributed by atoms with van der Waals surface area (Å²) in [4.78, 5) is 24.2. The zero-order valence-corrected chi connectivity index (χ0v) is 13.5. The van der Waals surface area contributed by atoms with Gasteiger partial charge < -0.3 is 0 Å². The van der Waals surface area contributed by atoms with Crippen LogP contribution in [0, 0.1) is 28.6 Å². The number of hydrogen-bond donors (Lipinski definition) is 0. The molecule has 4 aliphatic carbocycles. The molecule has 0 amide bonds. The van der Waals surface area contributed by atoms with Crippen molar-refractivity contribution in [2.45, 2.75) is 46.0 Å². The summed E-state index contributed by atoms with van der Waals surface area (Å²) < 4.78 is 0. The van der Waals surface area contributed by atoms with E-state index in [4.69, 9.17) is 0 Å². The normalized spacial score (nSPS) is 46.9. The first-order valence-electron chi connectivity index (χ1n) is 8.51. The van der Waals surface area contributed by atoms with E-state index in [1.165, 1.54) is 11.1 Å². The predicted octanol–water partition coefficient (Wildman–Crippen LogP) is 4.03. The minimum atomic E-state index is -0.129. The molecular weight excluding hydrogens is 272 g/mol. The maximum absolute atomic E-state index is 12.4. The smallest absolute Gasteiger partial charge is 0.178 e. The Morgan fingerprint density at radius 3 is 2.73 bits per heavy atom. The molecule has 116 valence electrons. The van der Waals surface area contributed by atoms with Crippen LogP contribution in [0.1, 0.15) is 46.0 Å². The second-order valence-corrected chi connectivity index (χ2v) is 8.18. The first-order valence-corrected chi connectivity index (χ1v) is 8.51. The van der Waals surface area contributed by atoms with Crippen LogP contribution < -0.4 is 0 Å². The molecule has 2 heteroatoms. The van der Waals surface area contributed by atoms with Gasteiger partial charge in [0.05, 0.1) is 0 Å². The zero-order valence-electron chi connectivity index (χ0n) is 13.5. The molecule has 4 aliphatic rings. The van der Waals surface area contributed by atoms with Gasteiger partial charge in [0, 0.05) is 17.3 Å². The average Bonchev–Trinajstić information content (AvgIpc) is 2.77. The molecule has 0 aromatic heterocycles. The largest absolute Gasteiger partial charge is 0.299 e. The third-order valence-electron chi connectivity index (χ3n) is 7.24. The van der Waals surface area contributed by atoms with Crippen LogP contribution in [0.25, 0.3) is 0 Å². The van der Waals surface area contributed by atoms with E-state index in [0.717, 1.165) is 32.1 Å². The number of carbonyl (C=O) groups excluding carboxylic acids is 2. The quantitative estimate of drug-likeness (QED) is 0.632. The summed E-state index contributed by atoms with van der Waals surface area (Å²) >= 11 is 0. The van der Waals surface area contributed by atoms with E-state index < -0.39 is 0 Å². The molecule has 5 atom stereocenters. The predicted molar refractivity (Wildman–Crippen MR) is 86.1 cm³/mol. The number of allylic oxidation sites excluding steroid dienone is 5. The van der Waals surface area contributed by atoms with E-state index in [2.05, 4.69) is 26.5 Å². The second-order valence-electron chi connectivity index (χ2n) is 8.18. The van der Waals surface area contributed by atoms with Gasteiger partial charge in [-0.1, -0.05) is 37.6 Å². The van der Waals surface area contributed by atoms with E-state index in [0.29, 0.717) is 23.5 Å². The molecule has 0 unspecified atom stereocenters. The molecule has 0 saturated heterocycles. The van der Waals surface area contributed by atoms with Gasteiger partial charge in [0.15, 0.2) is 5.78 Å². The third kappa shape index (κ3) is 1.61. The summed E-state index contributed by atoms with van der Waals surface area (Å²) in [7, 11) is 0. The molecule has 0 radical (unpaired) electrons. The fourth-order valence-corrected chi connectivity index (χ4v) is 5.86. The second kappa shape index (κ2) is 4.31. The fraction of sp³-hybridized carbons (Fsp3) is 0.600. The zero-order chi connectivity index (χ0) is 15.7. The Kier molecular flexibility index (Phi) is 2.77. The Morgan fingerprint density at radius 2 is 1.95 bits per heavy atom. The highest BCUT2D eigenvalue weighted by Crippen LogP contribution is 2.64. The molecule has 0 N–H and O–H groups in total. The van der Waals surface area contributed by atoms with Gasteiger partial charge in [0.25, 0.3) is 0 Å². The van der Waals surface area contributed by atoms with Crippen LogP contribution in [0.5, 0.6) is 0 Å². The van der Waals surface area contributed by atoms with Crippen LogP contribution in [-0.4, -0.2) is 11.6 Å². The molecule has 0 aliphatic heterocycles. The van der Waals surface area contributed by atoms with E-state index in [9.17, 15) is 9.59 Å². The fourth-order valence-electron chi connectivity index (χ4n) is 5.86. The van der Waals surface area contributed by atoms with Crippen molar-refractivity contribution in [3.8, 4) is 0 Å². The Bertz CT molecular complexity index is 653. The molecular formula is C20H24O2. The molecule has 3 saturated carbocycles. The van der Waals surface area contributed by atoms with Crippen LogP contribution in [0.2, 0.25) is 0 Å². The van der Waals surface area contributed by atoms with Gasteiger partial charge in [0.1, 0.15) is 5.78 Å². The van der Waals surface area contributed by atoms with Crippen molar-refractivity contribution < 1.29 is 9.59 Å². The lowest BCUT2D eigenvalue weighted by Gasteiger charge is -2.56. The summed E-state index contributed by atoms with van der Waals surface area (Å²) in [6.45, 7) is 8.84. The Balaban J connectivity index is 1.78. The van der Waals surface area contributed by atoms with Crippen LogP contribution >= 0.6 is 0 Å². The molecule has 2 nitrogen and oxygen atoms in total. The van der Waals surface area contributed by atoms with Gasteiger partial charge in [-0.3, -0.25) is 9.59 Å². The molecule has 0 aromatic rings. The van der Waals surface area contributed by atoms with E-state index >= 15 is 0 Å². The van der Waals surface area contributed by atoms with E-state index in [-0.39, 0.29) is 16.6 Å². The standard InChI is InChI=1S/C20H24O2/c1-12-10-13-11-14(21)6-8-19(13,2)16-7-9-20(3)15(18(12)16)4-5-17(20)22/h6,8,11,15-16,18H,1,4-5,7,9-10H2,2-3H3/t15-,16+,18-,19-,20-/m0/s1. The van der Waals surface area contributed by atoms with Crippen molar-refractivity contribution >= 4 is 11.6 Å². The number of rotatable bonds is 0. The first-order chi connectivity index (χ1) is 10.4. The van der Waals surface area contributed by atoms with Crippen LogP contribution in [0.4, 0.5) is 0 Å². The lowest BCUT2D eigenvalue weighted by atomic mass is 9.47. The molecule has 22 heavy (non-hydrogen) atoms. The maximum atomic E-state index is 12.4. The molecule has 0 spiro atoms. The first kappa shape index (κ1) is 14.2. The minimum Gasteiger partial charge on any atom is -0.299 e. The van der Waals surface area contributed by atoms with Crippen molar-refractivity contribution in [2.24, 2.45) is 28.6 Å². The van der Waals surface area contributed by atoms with Gasteiger partial charge >= 0.3 is 0 Å². The SMILES string of the molecule is C=C1CC2=CC(=O)C=C[C@]2(C)[C@@H]2CC[C@]3(C)C(=O)CC[C@H]3[C@H]12. The lowest BCUT2D eigenvalue weighted by Crippen LogP contribution is -2.50. The van der Waals surface area contributed by atoms with Gasteiger partial charge in [-0.15, -0.1) is 0 Å². The number of carbonyl (C=O) groups is 2. The molecule has 3 fully saturated rings. The third-order valence-corrected chi connectivity index (χ3v) is 7.24. The summed E-state index contributed by atoms with van der Waals surface area (Å²) in [6.07, 6.45) is 10.4. The molecule has 0 aromatic carbocycles. The van der Waals surface area contributed by atoms with E-state index in [1.807, 2.05) is 6.08 Å². The average molecular weight is 296 g/mol. The topological polar surface area (TPSA) is 34.1 Å². The monoisotopic (exact) mass is 296 g/mol. The van der Waals surface area contributed by atoms with Gasteiger partial charge in [0.2, 0.25) is 0 Å². The van der Waals surface area contributed by atoms with Crippen LogP contribution in [0.15, 0.2) is 36.0 Å². The highest BCUT2D eigenvalue weighted by atomic mass is 16.1.